The third-order valence-electron chi connectivity index (χ3n) is 2.56. The Morgan fingerprint density at radius 2 is 2.22 bits per heavy atom. The summed E-state index contributed by atoms with van der Waals surface area (Å²) in [5.74, 6) is -0.739. The van der Waals surface area contributed by atoms with Crippen LogP contribution in [0.15, 0.2) is 16.6 Å². The fraction of sp³-hybridized carbons (Fsp3) is 0.455. The predicted octanol–water partition coefficient (Wildman–Crippen LogP) is 3.00. The summed E-state index contributed by atoms with van der Waals surface area (Å²) in [4.78, 5) is 10.2. The van der Waals surface area contributed by atoms with Crippen LogP contribution >= 0.6 is 15.9 Å². The molecular formula is C11H14BrFN2O3. The highest BCUT2D eigenvalue weighted by atomic mass is 79.9. The molecule has 1 unspecified atom stereocenters. The largest absolute Gasteiger partial charge is 0.485 e. The quantitative estimate of drug-likeness (QED) is 0.668. The molecular weight excluding hydrogens is 307 g/mol. The van der Waals surface area contributed by atoms with Crippen LogP contribution in [0.2, 0.25) is 0 Å². The molecule has 2 N–H and O–H groups in total. The lowest BCUT2D eigenvalue weighted by Gasteiger charge is -2.22. The summed E-state index contributed by atoms with van der Waals surface area (Å²) in [6.45, 7) is 3.71. The molecule has 1 aromatic carbocycles. The molecule has 0 heterocycles. The molecule has 0 aliphatic carbocycles. The number of nitro groups is 1. The molecule has 0 amide bonds. The molecule has 0 radical (unpaired) electrons. The van der Waals surface area contributed by atoms with E-state index >= 15 is 0 Å². The fourth-order valence-electron chi connectivity index (χ4n) is 1.12. The van der Waals surface area contributed by atoms with Crippen molar-refractivity contribution in [2.24, 2.45) is 5.73 Å². The second-order valence-electron chi connectivity index (χ2n) is 4.29. The summed E-state index contributed by atoms with van der Waals surface area (Å²) >= 11 is 2.89. The van der Waals surface area contributed by atoms with Crippen LogP contribution in [0.5, 0.6) is 5.75 Å². The van der Waals surface area contributed by atoms with E-state index in [1.807, 2.05) is 6.92 Å². The van der Waals surface area contributed by atoms with Gasteiger partial charge < -0.3 is 10.5 Å². The smallest absolute Gasteiger partial charge is 0.312 e. The zero-order valence-corrected chi connectivity index (χ0v) is 11.7. The first kappa shape index (κ1) is 14.8. The number of nitrogens with two attached hydrogens (primary N) is 1. The molecule has 1 atom stereocenters. The summed E-state index contributed by atoms with van der Waals surface area (Å²) in [6, 6.07) is 2.05. The van der Waals surface area contributed by atoms with Crippen molar-refractivity contribution in [3.05, 3.63) is 32.5 Å². The highest BCUT2D eigenvalue weighted by molar-refractivity contribution is 9.10. The SMILES string of the molecule is CCC(C)(N)COc1cc(F)c(Br)cc1[N+](=O)[O-]. The molecule has 0 saturated carbocycles. The van der Waals surface area contributed by atoms with Gasteiger partial charge in [-0.15, -0.1) is 0 Å². The maximum Gasteiger partial charge on any atom is 0.312 e. The van der Waals surface area contributed by atoms with Crippen molar-refractivity contribution in [2.75, 3.05) is 6.61 Å². The van der Waals surface area contributed by atoms with Crippen LogP contribution in [0, 0.1) is 15.9 Å². The lowest BCUT2D eigenvalue weighted by Crippen LogP contribution is -2.41. The van der Waals surface area contributed by atoms with Gasteiger partial charge in [0.15, 0.2) is 5.75 Å². The highest BCUT2D eigenvalue weighted by Gasteiger charge is 2.22. The van der Waals surface area contributed by atoms with E-state index in [9.17, 15) is 14.5 Å². The van der Waals surface area contributed by atoms with Crippen molar-refractivity contribution in [3.8, 4) is 5.75 Å². The Morgan fingerprint density at radius 1 is 1.61 bits per heavy atom. The first-order valence-electron chi connectivity index (χ1n) is 5.32. The first-order chi connectivity index (χ1) is 8.26. The number of halogens is 2. The molecule has 100 valence electrons. The number of ether oxygens (including phenoxy) is 1. The minimum atomic E-state index is -0.626. The number of nitrogens with zero attached hydrogens (tertiary/aromatic N) is 1. The van der Waals surface area contributed by atoms with Crippen LogP contribution in [0.4, 0.5) is 10.1 Å². The summed E-state index contributed by atoms with van der Waals surface area (Å²) in [7, 11) is 0. The van der Waals surface area contributed by atoms with Crippen LogP contribution in [-0.4, -0.2) is 17.1 Å². The van der Waals surface area contributed by atoms with Crippen LogP contribution in [0.3, 0.4) is 0 Å². The summed E-state index contributed by atoms with van der Waals surface area (Å²) in [5.41, 5.74) is 4.95. The van der Waals surface area contributed by atoms with Gasteiger partial charge in [-0.3, -0.25) is 10.1 Å². The number of rotatable bonds is 5. The molecule has 0 aliphatic heterocycles. The Morgan fingerprint density at radius 3 is 2.72 bits per heavy atom. The molecule has 7 heteroatoms. The van der Waals surface area contributed by atoms with Gasteiger partial charge in [0.1, 0.15) is 12.4 Å². The maximum atomic E-state index is 13.3. The van der Waals surface area contributed by atoms with Crippen molar-refractivity contribution in [2.45, 2.75) is 25.8 Å². The molecule has 0 aliphatic rings. The normalized spacial score (nSPS) is 14.1. The van der Waals surface area contributed by atoms with E-state index < -0.39 is 16.3 Å². The van der Waals surface area contributed by atoms with Crippen LogP contribution in [-0.2, 0) is 0 Å². The maximum absolute atomic E-state index is 13.3. The van der Waals surface area contributed by atoms with E-state index in [2.05, 4.69) is 15.9 Å². The van der Waals surface area contributed by atoms with E-state index in [4.69, 9.17) is 10.5 Å². The molecule has 0 saturated heterocycles. The van der Waals surface area contributed by atoms with E-state index in [1.165, 1.54) is 0 Å². The minimum absolute atomic E-state index is 0.0209. The van der Waals surface area contributed by atoms with Gasteiger partial charge >= 0.3 is 5.69 Å². The average Bonchev–Trinajstić information content (AvgIpc) is 2.30. The molecule has 0 aromatic heterocycles. The highest BCUT2D eigenvalue weighted by Crippen LogP contribution is 2.32. The van der Waals surface area contributed by atoms with Crippen LogP contribution in [0.25, 0.3) is 0 Å². The molecule has 0 fully saturated rings. The predicted molar refractivity (Wildman–Crippen MR) is 69.1 cm³/mol. The zero-order valence-electron chi connectivity index (χ0n) is 10.1. The van der Waals surface area contributed by atoms with E-state index in [0.29, 0.717) is 6.42 Å². The lowest BCUT2D eigenvalue weighted by molar-refractivity contribution is -0.386. The molecule has 0 spiro atoms. The second kappa shape index (κ2) is 5.62. The van der Waals surface area contributed by atoms with Crippen molar-refractivity contribution >= 4 is 21.6 Å². The monoisotopic (exact) mass is 320 g/mol. The Bertz CT molecular complexity index is 466. The fourth-order valence-corrected chi connectivity index (χ4v) is 1.45. The minimum Gasteiger partial charge on any atom is -0.485 e. The Hall–Kier alpha value is -1.21. The molecule has 1 aromatic rings. The van der Waals surface area contributed by atoms with Crippen LogP contribution in [0.1, 0.15) is 20.3 Å². The number of hydrogen-bond donors (Lipinski definition) is 1. The van der Waals surface area contributed by atoms with Gasteiger partial charge in [-0.2, -0.15) is 0 Å². The molecule has 18 heavy (non-hydrogen) atoms. The van der Waals surface area contributed by atoms with Gasteiger partial charge in [-0.05, 0) is 29.3 Å². The third kappa shape index (κ3) is 3.64. The van der Waals surface area contributed by atoms with Crippen LogP contribution < -0.4 is 10.5 Å². The Labute approximate surface area is 112 Å². The van der Waals surface area contributed by atoms with Gasteiger partial charge in [0.05, 0.1) is 9.40 Å². The summed E-state index contributed by atoms with van der Waals surface area (Å²) < 4.78 is 18.6. The molecule has 0 bridgehead atoms. The van der Waals surface area contributed by atoms with Crippen molar-refractivity contribution in [1.29, 1.82) is 0 Å². The number of nitro benzene ring substituents is 1. The number of benzene rings is 1. The van der Waals surface area contributed by atoms with Gasteiger partial charge in [0.2, 0.25) is 0 Å². The summed E-state index contributed by atoms with van der Waals surface area (Å²) in [5, 5.41) is 10.8. The second-order valence-corrected chi connectivity index (χ2v) is 5.14. The Kier molecular flexibility index (Phi) is 4.64. The van der Waals surface area contributed by atoms with Crippen molar-refractivity contribution < 1.29 is 14.1 Å². The Balaban J connectivity index is 3.01. The number of hydrogen-bond acceptors (Lipinski definition) is 4. The van der Waals surface area contributed by atoms with Gasteiger partial charge in [0.25, 0.3) is 0 Å². The lowest BCUT2D eigenvalue weighted by atomic mass is 10.0. The molecule has 1 rings (SSSR count). The summed E-state index contributed by atoms with van der Waals surface area (Å²) in [6.07, 6.45) is 0.639. The van der Waals surface area contributed by atoms with Crippen molar-refractivity contribution in [1.82, 2.24) is 0 Å². The first-order valence-corrected chi connectivity index (χ1v) is 6.11. The van der Waals surface area contributed by atoms with Gasteiger partial charge in [0, 0.05) is 17.7 Å². The van der Waals surface area contributed by atoms with Gasteiger partial charge in [-0.25, -0.2) is 4.39 Å². The van der Waals surface area contributed by atoms with E-state index in [0.717, 1.165) is 12.1 Å². The van der Waals surface area contributed by atoms with Crippen molar-refractivity contribution in [3.63, 3.8) is 0 Å². The van der Waals surface area contributed by atoms with Gasteiger partial charge in [-0.1, -0.05) is 6.92 Å². The third-order valence-corrected chi connectivity index (χ3v) is 3.17. The standard InChI is InChI=1S/C11H14BrFN2O3/c1-3-11(2,14)6-18-10-5-8(13)7(12)4-9(10)15(16)17/h4-5H,3,6,14H2,1-2H3. The van der Waals surface area contributed by atoms with E-state index in [1.54, 1.807) is 6.92 Å². The molecule has 5 nitrogen and oxygen atoms in total. The zero-order chi connectivity index (χ0) is 13.9. The van der Waals surface area contributed by atoms with E-state index in [-0.39, 0.29) is 22.5 Å². The topological polar surface area (TPSA) is 78.4 Å². The average molecular weight is 321 g/mol.